The van der Waals surface area contributed by atoms with Crippen LogP contribution in [0, 0.1) is 0 Å². The quantitative estimate of drug-likeness (QED) is 0.841. The van der Waals surface area contributed by atoms with Crippen LogP contribution in [0.15, 0.2) is 47.4 Å². The van der Waals surface area contributed by atoms with Gasteiger partial charge in [0.2, 0.25) is 0 Å². The maximum Gasteiger partial charge on any atom is 0.262 e. The summed E-state index contributed by atoms with van der Waals surface area (Å²) in [7, 11) is 0. The van der Waals surface area contributed by atoms with Gasteiger partial charge in [0.1, 0.15) is 5.60 Å². The Morgan fingerprint density at radius 1 is 1.26 bits per heavy atom. The van der Waals surface area contributed by atoms with E-state index in [0.29, 0.717) is 16.3 Å². The molecule has 5 heteroatoms. The Morgan fingerprint density at radius 2 is 2.04 bits per heavy atom. The Bertz CT molecular complexity index is 743. The summed E-state index contributed by atoms with van der Waals surface area (Å²) in [4.78, 5) is 12.8. The first-order valence-corrected chi connectivity index (χ1v) is 7.91. The second-order valence-corrected chi connectivity index (χ2v) is 6.62. The number of carbonyl (C=O) groups is 1. The van der Waals surface area contributed by atoms with Gasteiger partial charge in [0.25, 0.3) is 5.91 Å². The molecule has 1 N–H and O–H groups in total. The van der Waals surface area contributed by atoms with Crippen LogP contribution in [0.5, 0.6) is 11.5 Å². The smallest absolute Gasteiger partial charge is 0.262 e. The second-order valence-electron chi connectivity index (χ2n) is 6.14. The van der Waals surface area contributed by atoms with Crippen molar-refractivity contribution < 1.29 is 14.3 Å². The first kappa shape index (κ1) is 15.7. The lowest BCUT2D eigenvalue weighted by Crippen LogP contribution is -2.25. The van der Waals surface area contributed by atoms with Gasteiger partial charge < -0.3 is 14.8 Å². The predicted molar refractivity (Wildman–Crippen MR) is 92.7 cm³/mol. The van der Waals surface area contributed by atoms with E-state index in [-0.39, 0.29) is 18.1 Å². The fourth-order valence-corrected chi connectivity index (χ4v) is 2.83. The Kier molecular flexibility index (Phi) is 4.22. The molecule has 0 aliphatic carbocycles. The molecular weight excluding hydrogens is 310 g/mol. The highest BCUT2D eigenvalue weighted by atomic mass is 32.1. The summed E-state index contributed by atoms with van der Waals surface area (Å²) in [5.41, 5.74) is 1.53. The highest BCUT2D eigenvalue weighted by Crippen LogP contribution is 2.41. The van der Waals surface area contributed by atoms with E-state index in [1.165, 1.54) is 0 Å². The minimum atomic E-state index is -0.241. The largest absolute Gasteiger partial charge is 0.483 e. The summed E-state index contributed by atoms with van der Waals surface area (Å²) in [5.74, 6) is 1.10. The standard InChI is InChI=1S/C18H19NO3S/c1-18(2)10-12-6-5-8-14(17(12)22-18)21-11-16(20)19-13-7-3-4-9-15(13)23/h3-9,23H,10-11H2,1-2H3,(H,19,20). The molecule has 0 atom stereocenters. The number of thiol groups is 1. The Labute approximate surface area is 141 Å². The van der Waals surface area contributed by atoms with Crippen molar-refractivity contribution in [2.45, 2.75) is 30.8 Å². The van der Waals surface area contributed by atoms with Crippen molar-refractivity contribution in [3.63, 3.8) is 0 Å². The lowest BCUT2D eigenvalue weighted by molar-refractivity contribution is -0.118. The van der Waals surface area contributed by atoms with Gasteiger partial charge in [-0.1, -0.05) is 24.3 Å². The minimum absolute atomic E-state index is 0.0810. The van der Waals surface area contributed by atoms with E-state index in [4.69, 9.17) is 9.47 Å². The summed E-state index contributed by atoms with van der Waals surface area (Å²) in [6.07, 6.45) is 0.832. The van der Waals surface area contributed by atoms with Gasteiger partial charge in [-0.15, -0.1) is 12.6 Å². The maximum atomic E-state index is 12.1. The average Bonchev–Trinajstić information content (AvgIpc) is 2.82. The van der Waals surface area contributed by atoms with Crippen LogP contribution in [0.2, 0.25) is 0 Å². The molecular formula is C18H19NO3S. The van der Waals surface area contributed by atoms with E-state index in [0.717, 1.165) is 17.7 Å². The van der Waals surface area contributed by atoms with Crippen molar-refractivity contribution in [3.05, 3.63) is 48.0 Å². The van der Waals surface area contributed by atoms with Gasteiger partial charge >= 0.3 is 0 Å². The molecule has 0 fully saturated rings. The van der Waals surface area contributed by atoms with Crippen molar-refractivity contribution in [3.8, 4) is 11.5 Å². The fourth-order valence-electron chi connectivity index (χ4n) is 2.61. The Hall–Kier alpha value is -2.14. The van der Waals surface area contributed by atoms with Crippen LogP contribution < -0.4 is 14.8 Å². The lowest BCUT2D eigenvalue weighted by atomic mass is 10.0. The molecule has 3 rings (SSSR count). The molecule has 0 bridgehead atoms. The minimum Gasteiger partial charge on any atom is -0.483 e. The number of hydrogen-bond donors (Lipinski definition) is 2. The molecule has 120 valence electrons. The summed E-state index contributed by atoms with van der Waals surface area (Å²) in [6.45, 7) is 3.99. The van der Waals surface area contributed by atoms with Crippen molar-refractivity contribution in [1.82, 2.24) is 0 Å². The van der Waals surface area contributed by atoms with Crippen LogP contribution in [0.1, 0.15) is 19.4 Å². The Balaban J connectivity index is 1.65. The normalized spacial score (nSPS) is 14.7. The van der Waals surface area contributed by atoms with Gasteiger partial charge in [0.15, 0.2) is 18.1 Å². The number of benzene rings is 2. The summed E-state index contributed by atoms with van der Waals surface area (Å²) in [5, 5.41) is 2.78. The van der Waals surface area contributed by atoms with Crippen molar-refractivity contribution in [2.24, 2.45) is 0 Å². The number of anilines is 1. The van der Waals surface area contributed by atoms with Gasteiger partial charge in [-0.05, 0) is 32.0 Å². The summed E-state index contributed by atoms with van der Waals surface area (Å²) < 4.78 is 11.6. The molecule has 2 aromatic carbocycles. The highest BCUT2D eigenvalue weighted by Gasteiger charge is 2.32. The summed E-state index contributed by atoms with van der Waals surface area (Å²) >= 11 is 4.31. The van der Waals surface area contributed by atoms with Gasteiger partial charge in [0.05, 0.1) is 5.69 Å². The zero-order valence-electron chi connectivity index (χ0n) is 13.1. The average molecular weight is 329 g/mol. The van der Waals surface area contributed by atoms with Gasteiger partial charge in [-0.25, -0.2) is 0 Å². The molecule has 0 radical (unpaired) electrons. The van der Waals surface area contributed by atoms with Gasteiger partial charge in [0, 0.05) is 16.9 Å². The maximum absolute atomic E-state index is 12.1. The SMILES string of the molecule is CC1(C)Cc2cccc(OCC(=O)Nc3ccccc3S)c2O1. The molecule has 0 saturated carbocycles. The van der Waals surface area contributed by atoms with E-state index < -0.39 is 0 Å². The number of amides is 1. The molecule has 23 heavy (non-hydrogen) atoms. The van der Waals surface area contributed by atoms with E-state index in [9.17, 15) is 4.79 Å². The number of ether oxygens (including phenoxy) is 2. The van der Waals surface area contributed by atoms with Crippen LogP contribution in [0.25, 0.3) is 0 Å². The monoisotopic (exact) mass is 329 g/mol. The van der Waals surface area contributed by atoms with E-state index in [1.54, 1.807) is 6.07 Å². The zero-order valence-corrected chi connectivity index (χ0v) is 14.0. The number of para-hydroxylation sites is 2. The van der Waals surface area contributed by atoms with E-state index in [2.05, 4.69) is 17.9 Å². The molecule has 0 saturated heterocycles. The Morgan fingerprint density at radius 3 is 2.83 bits per heavy atom. The number of carbonyl (C=O) groups excluding carboxylic acids is 1. The molecule has 1 aliphatic heterocycles. The summed E-state index contributed by atoms with van der Waals surface area (Å²) in [6, 6.07) is 13.1. The van der Waals surface area contributed by atoms with Crippen molar-refractivity contribution in [2.75, 3.05) is 11.9 Å². The van der Waals surface area contributed by atoms with Gasteiger partial charge in [-0.3, -0.25) is 4.79 Å². The van der Waals surface area contributed by atoms with Crippen molar-refractivity contribution >= 4 is 24.2 Å². The molecule has 1 aliphatic rings. The van der Waals surface area contributed by atoms with Crippen molar-refractivity contribution in [1.29, 1.82) is 0 Å². The number of rotatable bonds is 4. The third-order valence-electron chi connectivity index (χ3n) is 3.59. The molecule has 0 unspecified atom stereocenters. The number of hydrogen-bond acceptors (Lipinski definition) is 4. The van der Waals surface area contributed by atoms with Crippen LogP contribution >= 0.6 is 12.6 Å². The molecule has 0 aromatic heterocycles. The first-order valence-electron chi connectivity index (χ1n) is 7.46. The number of nitrogens with one attached hydrogen (secondary N) is 1. The third kappa shape index (κ3) is 3.62. The van der Waals surface area contributed by atoms with Crippen LogP contribution in [-0.4, -0.2) is 18.1 Å². The molecule has 0 spiro atoms. The fraction of sp³-hybridized carbons (Fsp3) is 0.278. The van der Waals surface area contributed by atoms with Crippen LogP contribution in [0.3, 0.4) is 0 Å². The van der Waals surface area contributed by atoms with E-state index >= 15 is 0 Å². The van der Waals surface area contributed by atoms with E-state index in [1.807, 2.05) is 50.2 Å². The third-order valence-corrected chi connectivity index (χ3v) is 3.98. The highest BCUT2D eigenvalue weighted by molar-refractivity contribution is 7.80. The molecule has 4 nitrogen and oxygen atoms in total. The van der Waals surface area contributed by atoms with Crippen LogP contribution in [0.4, 0.5) is 5.69 Å². The van der Waals surface area contributed by atoms with Crippen LogP contribution in [-0.2, 0) is 11.2 Å². The first-order chi connectivity index (χ1) is 10.9. The molecule has 1 heterocycles. The second kappa shape index (κ2) is 6.16. The van der Waals surface area contributed by atoms with Gasteiger partial charge in [-0.2, -0.15) is 0 Å². The molecule has 2 aromatic rings. The lowest BCUT2D eigenvalue weighted by Gasteiger charge is -2.18. The predicted octanol–water partition coefficient (Wildman–Crippen LogP) is 3.71. The topological polar surface area (TPSA) is 47.6 Å². The molecule has 1 amide bonds. The number of fused-ring (bicyclic) bond motifs is 1. The zero-order chi connectivity index (χ0) is 16.4.